The first-order chi connectivity index (χ1) is 10.2. The van der Waals surface area contributed by atoms with Gasteiger partial charge < -0.3 is 10.1 Å². The largest absolute Gasteiger partial charge is 0.465 e. The van der Waals surface area contributed by atoms with Gasteiger partial charge in [0, 0.05) is 13.1 Å². The number of hydrogen-bond donors (Lipinski definition) is 1. The van der Waals surface area contributed by atoms with E-state index in [4.69, 9.17) is 4.74 Å². The quantitative estimate of drug-likeness (QED) is 0.551. The van der Waals surface area contributed by atoms with Crippen LogP contribution in [0, 0.1) is 0 Å². The van der Waals surface area contributed by atoms with Crippen molar-refractivity contribution >= 4 is 11.9 Å². The molecule has 0 aromatic heterocycles. The monoisotopic (exact) mass is 290 g/mol. The summed E-state index contributed by atoms with van der Waals surface area (Å²) >= 11 is 0. The lowest BCUT2D eigenvalue weighted by atomic mass is 10.2. The molecule has 0 aliphatic heterocycles. The first-order valence-electron chi connectivity index (χ1n) is 6.95. The first-order valence-corrected chi connectivity index (χ1v) is 6.95. The number of nitrogens with one attached hydrogen (secondary N) is 1. The molecule has 1 amide bonds. The Morgan fingerprint density at radius 3 is 2.62 bits per heavy atom. The summed E-state index contributed by atoms with van der Waals surface area (Å²) in [5, 5.41) is 2.83. The maximum atomic E-state index is 11.9. The smallest absolute Gasteiger partial charge is 0.320 e. The minimum absolute atomic E-state index is 0.0820. The highest BCUT2D eigenvalue weighted by Gasteiger charge is 2.13. The Kier molecular flexibility index (Phi) is 7.82. The zero-order chi connectivity index (χ0) is 15.5. The van der Waals surface area contributed by atoms with Crippen molar-refractivity contribution in [3.05, 3.63) is 48.6 Å². The molecule has 1 rings (SSSR count). The van der Waals surface area contributed by atoms with Crippen molar-refractivity contribution in [1.29, 1.82) is 0 Å². The third kappa shape index (κ3) is 7.27. The molecule has 0 bridgehead atoms. The van der Waals surface area contributed by atoms with E-state index in [-0.39, 0.29) is 25.0 Å². The van der Waals surface area contributed by atoms with Crippen LogP contribution < -0.4 is 5.32 Å². The van der Waals surface area contributed by atoms with Crippen LogP contribution in [0.5, 0.6) is 0 Å². The summed E-state index contributed by atoms with van der Waals surface area (Å²) in [6, 6.07) is 9.66. The molecule has 1 aromatic rings. The summed E-state index contributed by atoms with van der Waals surface area (Å²) in [5.74, 6) is -0.472. The predicted molar refractivity (Wildman–Crippen MR) is 81.6 cm³/mol. The Morgan fingerprint density at radius 2 is 2.00 bits per heavy atom. The van der Waals surface area contributed by atoms with Gasteiger partial charge in [-0.25, -0.2) is 0 Å². The Hall–Kier alpha value is -2.14. The zero-order valence-electron chi connectivity index (χ0n) is 12.4. The van der Waals surface area contributed by atoms with Gasteiger partial charge in [0.25, 0.3) is 0 Å². The van der Waals surface area contributed by atoms with Gasteiger partial charge in [0.1, 0.15) is 0 Å². The SMILES string of the molecule is C=CCN(CC(=O)NCc1ccccc1)CC(=O)OCC. The lowest BCUT2D eigenvalue weighted by molar-refractivity contribution is -0.144. The second-order valence-electron chi connectivity index (χ2n) is 4.53. The molecule has 21 heavy (non-hydrogen) atoms. The number of ether oxygens (including phenoxy) is 1. The maximum absolute atomic E-state index is 11.9. The van der Waals surface area contributed by atoms with Crippen molar-refractivity contribution in [2.24, 2.45) is 0 Å². The Labute approximate surface area is 125 Å². The van der Waals surface area contributed by atoms with Crippen LogP contribution in [-0.2, 0) is 20.9 Å². The summed E-state index contributed by atoms with van der Waals surface area (Å²) < 4.78 is 4.88. The normalized spacial score (nSPS) is 10.2. The van der Waals surface area contributed by atoms with Crippen molar-refractivity contribution in [1.82, 2.24) is 10.2 Å². The van der Waals surface area contributed by atoms with Gasteiger partial charge in [0.15, 0.2) is 0 Å². The first kappa shape index (κ1) is 16.9. The summed E-state index contributed by atoms with van der Waals surface area (Å²) in [6.07, 6.45) is 1.66. The molecule has 1 N–H and O–H groups in total. The summed E-state index contributed by atoms with van der Waals surface area (Å²) in [6.45, 7) is 6.86. The molecule has 5 nitrogen and oxygen atoms in total. The maximum Gasteiger partial charge on any atom is 0.320 e. The predicted octanol–water partition coefficient (Wildman–Crippen LogP) is 1.35. The Morgan fingerprint density at radius 1 is 1.29 bits per heavy atom. The third-order valence-corrected chi connectivity index (χ3v) is 2.75. The van der Waals surface area contributed by atoms with Crippen molar-refractivity contribution in [2.75, 3.05) is 26.2 Å². The highest BCUT2D eigenvalue weighted by Crippen LogP contribution is 1.97. The Balaban J connectivity index is 2.41. The van der Waals surface area contributed by atoms with Crippen molar-refractivity contribution in [2.45, 2.75) is 13.5 Å². The second kappa shape index (κ2) is 9.72. The highest BCUT2D eigenvalue weighted by molar-refractivity contribution is 5.79. The fourth-order valence-electron chi connectivity index (χ4n) is 1.81. The van der Waals surface area contributed by atoms with Crippen LogP contribution in [0.15, 0.2) is 43.0 Å². The molecule has 0 spiro atoms. The van der Waals surface area contributed by atoms with E-state index < -0.39 is 0 Å². The van der Waals surface area contributed by atoms with Crippen molar-refractivity contribution < 1.29 is 14.3 Å². The van der Waals surface area contributed by atoms with E-state index in [9.17, 15) is 9.59 Å². The van der Waals surface area contributed by atoms with Gasteiger partial charge in [-0.2, -0.15) is 0 Å². The number of rotatable bonds is 9. The molecule has 0 heterocycles. The van der Waals surface area contributed by atoms with E-state index in [1.165, 1.54) is 0 Å². The van der Waals surface area contributed by atoms with Gasteiger partial charge in [-0.05, 0) is 12.5 Å². The van der Waals surface area contributed by atoms with E-state index in [1.54, 1.807) is 17.9 Å². The van der Waals surface area contributed by atoms with Gasteiger partial charge in [-0.1, -0.05) is 36.4 Å². The number of amides is 1. The number of carbonyl (C=O) groups excluding carboxylic acids is 2. The van der Waals surface area contributed by atoms with Crippen LogP contribution in [-0.4, -0.2) is 43.0 Å². The number of esters is 1. The number of nitrogens with zero attached hydrogens (tertiary/aromatic N) is 1. The van der Waals surface area contributed by atoms with Crippen LogP contribution in [0.3, 0.4) is 0 Å². The highest BCUT2D eigenvalue weighted by atomic mass is 16.5. The van der Waals surface area contributed by atoms with Crippen LogP contribution in [0.4, 0.5) is 0 Å². The van der Waals surface area contributed by atoms with Crippen LogP contribution in [0.2, 0.25) is 0 Å². The molecule has 0 radical (unpaired) electrons. The van der Waals surface area contributed by atoms with E-state index in [2.05, 4.69) is 11.9 Å². The summed E-state index contributed by atoms with van der Waals surface area (Å²) in [4.78, 5) is 25.0. The molecule has 0 fully saturated rings. The standard InChI is InChI=1S/C16H22N2O3/c1-3-10-18(13-16(20)21-4-2)12-15(19)17-11-14-8-6-5-7-9-14/h3,5-9H,1,4,10-13H2,2H3,(H,17,19). The van der Waals surface area contributed by atoms with E-state index in [0.29, 0.717) is 19.7 Å². The molecule has 0 atom stereocenters. The lowest BCUT2D eigenvalue weighted by Gasteiger charge is -2.19. The van der Waals surface area contributed by atoms with Gasteiger partial charge in [0.05, 0.1) is 19.7 Å². The minimum atomic E-state index is -0.338. The molecule has 0 saturated carbocycles. The molecule has 0 aliphatic rings. The molecule has 114 valence electrons. The van der Waals surface area contributed by atoms with E-state index >= 15 is 0 Å². The topological polar surface area (TPSA) is 58.6 Å². The molecule has 1 aromatic carbocycles. The Bertz CT molecular complexity index is 460. The molecule has 0 unspecified atom stereocenters. The van der Waals surface area contributed by atoms with Gasteiger partial charge in [0.2, 0.25) is 5.91 Å². The molecular formula is C16H22N2O3. The fourth-order valence-corrected chi connectivity index (χ4v) is 1.81. The third-order valence-electron chi connectivity index (χ3n) is 2.75. The average molecular weight is 290 g/mol. The number of hydrogen-bond acceptors (Lipinski definition) is 4. The fraction of sp³-hybridized carbons (Fsp3) is 0.375. The second-order valence-corrected chi connectivity index (χ2v) is 4.53. The molecule has 5 heteroatoms. The number of benzene rings is 1. The van der Waals surface area contributed by atoms with E-state index in [0.717, 1.165) is 5.56 Å². The van der Waals surface area contributed by atoms with Crippen LogP contribution in [0.1, 0.15) is 12.5 Å². The van der Waals surface area contributed by atoms with Gasteiger partial charge in [-0.3, -0.25) is 14.5 Å². The minimum Gasteiger partial charge on any atom is -0.465 e. The number of carbonyl (C=O) groups is 2. The summed E-state index contributed by atoms with van der Waals surface area (Å²) in [5.41, 5.74) is 1.03. The lowest BCUT2D eigenvalue weighted by Crippen LogP contribution is -2.40. The van der Waals surface area contributed by atoms with Gasteiger partial charge >= 0.3 is 5.97 Å². The average Bonchev–Trinajstić information content (AvgIpc) is 2.46. The van der Waals surface area contributed by atoms with Gasteiger partial charge in [-0.15, -0.1) is 6.58 Å². The molecule has 0 saturated heterocycles. The summed E-state index contributed by atoms with van der Waals surface area (Å²) in [7, 11) is 0. The van der Waals surface area contributed by atoms with E-state index in [1.807, 2.05) is 30.3 Å². The van der Waals surface area contributed by atoms with Crippen LogP contribution in [0.25, 0.3) is 0 Å². The molecule has 0 aliphatic carbocycles. The molecular weight excluding hydrogens is 268 g/mol. The zero-order valence-corrected chi connectivity index (χ0v) is 12.4. The van der Waals surface area contributed by atoms with Crippen molar-refractivity contribution in [3.63, 3.8) is 0 Å². The van der Waals surface area contributed by atoms with Crippen LogP contribution >= 0.6 is 0 Å². The van der Waals surface area contributed by atoms with Crippen molar-refractivity contribution in [3.8, 4) is 0 Å².